The summed E-state index contributed by atoms with van der Waals surface area (Å²) in [5.74, 6) is 0. The van der Waals surface area contributed by atoms with Crippen LogP contribution in [0, 0.1) is 0 Å². The zero-order chi connectivity index (χ0) is 35.3. The van der Waals surface area contributed by atoms with Crippen molar-refractivity contribution in [1.82, 2.24) is 19.9 Å². The summed E-state index contributed by atoms with van der Waals surface area (Å²) in [6.45, 7) is 0. The minimum atomic E-state index is 0. The molecule has 0 atom stereocenters. The van der Waals surface area contributed by atoms with Crippen LogP contribution < -0.4 is 32.9 Å². The van der Waals surface area contributed by atoms with E-state index in [0.717, 1.165) is 89.4 Å². The molecule has 3 aromatic heterocycles. The first-order valence-corrected chi connectivity index (χ1v) is 16.9. The maximum absolute atomic E-state index is 6.13. The number of aromatic nitrogens is 4. The van der Waals surface area contributed by atoms with E-state index in [0.29, 0.717) is 22.7 Å². The molecule has 0 unspecified atom stereocenters. The van der Waals surface area contributed by atoms with Gasteiger partial charge in [-0.15, -0.1) is 22.1 Å². The second-order valence-electron chi connectivity index (χ2n) is 12.9. The van der Waals surface area contributed by atoms with Gasteiger partial charge < -0.3 is 32.9 Å². The molecule has 9 rings (SSSR count). The fourth-order valence-corrected chi connectivity index (χ4v) is 6.87. The molecule has 0 spiro atoms. The summed E-state index contributed by atoms with van der Waals surface area (Å²) in [5.41, 5.74) is 40.7. The number of rotatable bonds is 4. The van der Waals surface area contributed by atoms with E-state index in [9.17, 15) is 0 Å². The van der Waals surface area contributed by atoms with Gasteiger partial charge in [-0.1, -0.05) is 72.8 Å². The minimum Gasteiger partial charge on any atom is -0.657 e. The first-order valence-electron chi connectivity index (χ1n) is 16.9. The van der Waals surface area contributed by atoms with Crippen molar-refractivity contribution < 1.29 is 17.1 Å². The molecule has 53 heavy (non-hydrogen) atoms. The quantitative estimate of drug-likeness (QED) is 0.103. The molecular weight excluding hydrogens is 696 g/mol. The molecule has 4 aromatic carbocycles. The number of fused-ring (bicyclic) bond motifs is 8. The Kier molecular flexibility index (Phi) is 8.43. The zero-order valence-corrected chi connectivity index (χ0v) is 29.4. The van der Waals surface area contributed by atoms with Crippen LogP contribution in [0.15, 0.2) is 121 Å². The third-order valence-corrected chi connectivity index (χ3v) is 9.41. The molecule has 256 valence electrons. The minimum absolute atomic E-state index is 0. The molecule has 8 bridgehead atoms. The summed E-state index contributed by atoms with van der Waals surface area (Å²) >= 11 is 0. The number of hydrogen-bond acceptors (Lipinski definition) is 6. The van der Waals surface area contributed by atoms with E-state index in [-0.39, 0.29) is 17.1 Å². The fourth-order valence-electron chi connectivity index (χ4n) is 6.87. The van der Waals surface area contributed by atoms with Crippen LogP contribution in [-0.4, -0.2) is 9.97 Å². The van der Waals surface area contributed by atoms with Crippen molar-refractivity contribution in [3.8, 4) is 44.5 Å². The third kappa shape index (κ3) is 6.14. The Bertz CT molecular complexity index is 2370. The monoisotopic (exact) mass is 728 g/mol. The first-order chi connectivity index (χ1) is 25.4. The van der Waals surface area contributed by atoms with E-state index in [2.05, 4.69) is 0 Å². The summed E-state index contributed by atoms with van der Waals surface area (Å²) < 4.78 is 0. The van der Waals surface area contributed by atoms with Crippen molar-refractivity contribution in [2.45, 2.75) is 0 Å². The van der Waals surface area contributed by atoms with Crippen molar-refractivity contribution in [2.24, 2.45) is 0 Å². The molecule has 2 aliphatic heterocycles. The molecule has 0 amide bonds. The molecule has 0 radical (unpaired) electrons. The van der Waals surface area contributed by atoms with Crippen molar-refractivity contribution in [3.63, 3.8) is 0 Å². The van der Waals surface area contributed by atoms with Crippen LogP contribution >= 0.6 is 0 Å². The van der Waals surface area contributed by atoms with Crippen LogP contribution in [0.3, 0.4) is 0 Å². The molecule has 0 saturated carbocycles. The van der Waals surface area contributed by atoms with Gasteiger partial charge in [0.2, 0.25) is 0 Å². The maximum Gasteiger partial charge on any atom is 2.00 e. The molecule has 8 nitrogen and oxygen atoms in total. The van der Waals surface area contributed by atoms with E-state index in [1.165, 1.54) is 0 Å². The van der Waals surface area contributed by atoms with Crippen LogP contribution in [-0.2, 0) is 17.1 Å². The number of hydrogen-bond donors (Lipinski definition) is 4. The predicted octanol–water partition coefficient (Wildman–Crippen LogP) is 8.91. The number of anilines is 4. The van der Waals surface area contributed by atoms with Gasteiger partial charge in [-0.2, -0.15) is 0 Å². The molecule has 0 aliphatic carbocycles. The maximum atomic E-state index is 6.13. The van der Waals surface area contributed by atoms with Crippen LogP contribution in [0.5, 0.6) is 0 Å². The van der Waals surface area contributed by atoms with E-state index in [1.54, 1.807) is 0 Å². The van der Waals surface area contributed by atoms with Crippen LogP contribution in [0.1, 0.15) is 22.8 Å². The van der Waals surface area contributed by atoms with Crippen molar-refractivity contribution in [1.29, 1.82) is 0 Å². The Morgan fingerprint density at radius 1 is 0.302 bits per heavy atom. The average Bonchev–Trinajstić information content (AvgIpc) is 3.99. The Labute approximate surface area is 316 Å². The van der Waals surface area contributed by atoms with Gasteiger partial charge in [-0.05, 0) is 117 Å². The number of nitrogens with zero attached hydrogens (tertiary/aromatic N) is 4. The molecular formula is C44H32FeN8. The second kappa shape index (κ2) is 13.4. The third-order valence-electron chi connectivity index (χ3n) is 9.41. The van der Waals surface area contributed by atoms with E-state index < -0.39 is 0 Å². The van der Waals surface area contributed by atoms with Crippen molar-refractivity contribution >= 4 is 69.1 Å². The number of nitrogens with two attached hydrogens (primary N) is 4. The van der Waals surface area contributed by atoms with Gasteiger partial charge in [0.25, 0.3) is 0 Å². The van der Waals surface area contributed by atoms with Gasteiger partial charge >= 0.3 is 17.1 Å². The second-order valence-corrected chi connectivity index (χ2v) is 12.9. The fraction of sp³-hybridized carbons (Fsp3) is 0. The first kappa shape index (κ1) is 33.3. The van der Waals surface area contributed by atoms with Gasteiger partial charge in [0.05, 0.1) is 22.8 Å². The van der Waals surface area contributed by atoms with Crippen LogP contribution in [0.25, 0.3) is 90.9 Å². The summed E-state index contributed by atoms with van der Waals surface area (Å²) in [4.78, 5) is 21.1. The van der Waals surface area contributed by atoms with Gasteiger partial charge in [0.1, 0.15) is 0 Å². The normalized spacial score (nSPS) is 11.8. The topological polar surface area (TPSA) is 158 Å². The summed E-state index contributed by atoms with van der Waals surface area (Å²) in [6.07, 6.45) is 8.15. The standard InChI is InChI=1S/C44H32N8.Fe/c45-29-9-1-25(2-10-29)41-33-17-19-35(49-33)42(26-3-11-30(46)12-4-26)37-21-23-39(51-37)44(28-7-15-32(48)16-8-28)40-24-22-38(52-40)43(36-20-18-34(41)50-36)27-5-13-31(47)14-6-27;/h1-24H,45-48H2;/q-2;+2. The molecule has 5 heterocycles. The zero-order valence-electron chi connectivity index (χ0n) is 28.3. The number of nitrogen functional groups attached to an aromatic ring is 4. The van der Waals surface area contributed by atoms with Crippen molar-refractivity contribution in [3.05, 3.63) is 144 Å². The largest absolute Gasteiger partial charge is 2.00 e. The summed E-state index contributed by atoms with van der Waals surface area (Å²) in [6, 6.07) is 39.4. The molecule has 0 saturated heterocycles. The van der Waals surface area contributed by atoms with Gasteiger partial charge in [0, 0.05) is 22.7 Å². The molecule has 9 heteroatoms. The molecule has 8 N–H and O–H groups in total. The summed E-state index contributed by atoms with van der Waals surface area (Å²) in [5, 5.41) is 0. The Hall–Kier alpha value is -6.80. The Morgan fingerprint density at radius 3 is 0.717 bits per heavy atom. The van der Waals surface area contributed by atoms with E-state index in [4.69, 9.17) is 42.9 Å². The predicted molar refractivity (Wildman–Crippen MR) is 216 cm³/mol. The van der Waals surface area contributed by atoms with Crippen molar-refractivity contribution in [2.75, 3.05) is 22.9 Å². The molecule has 7 aromatic rings. The van der Waals surface area contributed by atoms with Crippen LogP contribution in [0.2, 0.25) is 0 Å². The van der Waals surface area contributed by atoms with Crippen LogP contribution in [0.4, 0.5) is 22.7 Å². The summed E-state index contributed by atoms with van der Waals surface area (Å²) in [7, 11) is 0. The smallest absolute Gasteiger partial charge is 0.657 e. The molecule has 2 aliphatic rings. The van der Waals surface area contributed by atoms with Gasteiger partial charge in [-0.25, -0.2) is 9.97 Å². The van der Waals surface area contributed by atoms with Gasteiger partial charge in [-0.3, -0.25) is 0 Å². The van der Waals surface area contributed by atoms with E-state index >= 15 is 0 Å². The Balaban J connectivity index is 0.00000400. The van der Waals surface area contributed by atoms with E-state index in [1.807, 2.05) is 146 Å². The molecule has 0 fully saturated rings. The Morgan fingerprint density at radius 2 is 0.509 bits per heavy atom. The van der Waals surface area contributed by atoms with Gasteiger partial charge in [0.15, 0.2) is 0 Å². The number of benzene rings is 4. The SMILES string of the molecule is Nc1ccc(-c2c3nc(c(-c4ccc(N)cc4)c4ccc([n-]4)c(-c4ccc(N)cc4)c4nc(c(-c5ccc(N)cc5)c5ccc2[n-]5)C=C4)C=C3)cc1.[Fe+2]. The average molecular weight is 729 g/mol.